The predicted octanol–water partition coefficient (Wildman–Crippen LogP) is 1.51. The zero-order valence-electron chi connectivity index (χ0n) is 11.8. The average molecular weight is 311 g/mol. The molecule has 23 heavy (non-hydrogen) atoms. The maximum atomic E-state index is 11.4. The molecule has 1 amide bonds. The van der Waals surface area contributed by atoms with Crippen LogP contribution in [0.15, 0.2) is 60.7 Å². The molecule has 0 atom stereocenters. The van der Waals surface area contributed by atoms with Crippen molar-refractivity contribution < 1.29 is 19.6 Å². The van der Waals surface area contributed by atoms with Gasteiger partial charge in [0.15, 0.2) is 0 Å². The molecule has 2 aromatic carbocycles. The van der Waals surface area contributed by atoms with E-state index in [4.69, 9.17) is 0 Å². The molecule has 7 nitrogen and oxygen atoms in total. The Hall–Kier alpha value is -3.48. The Morgan fingerprint density at radius 3 is 1.91 bits per heavy atom. The Bertz CT molecular complexity index is 764. The molecular weight excluding hydrogens is 300 g/mol. The third-order valence-electron chi connectivity index (χ3n) is 2.93. The number of benzene rings is 2. The van der Waals surface area contributed by atoms with Gasteiger partial charge in [0.05, 0.1) is 10.9 Å². The smallest absolute Gasteiger partial charge is 0.269 e. The quantitative estimate of drug-likeness (QED) is 0.511. The van der Waals surface area contributed by atoms with Crippen LogP contribution in [0.5, 0.6) is 0 Å². The van der Waals surface area contributed by atoms with E-state index in [1.165, 1.54) is 12.1 Å². The Balaban J connectivity index is 2.08. The second-order valence-electron chi connectivity index (χ2n) is 4.52. The minimum Gasteiger partial charge on any atom is -0.545 e. The third-order valence-corrected chi connectivity index (χ3v) is 2.93. The summed E-state index contributed by atoms with van der Waals surface area (Å²) < 4.78 is 0. The summed E-state index contributed by atoms with van der Waals surface area (Å²) in [5.41, 5.74) is 2.12. The van der Waals surface area contributed by atoms with E-state index in [9.17, 15) is 24.8 Å². The number of rotatable bonds is 5. The average Bonchev–Trinajstić information content (AvgIpc) is 2.54. The van der Waals surface area contributed by atoms with Crippen LogP contribution < -0.4 is 10.4 Å². The molecule has 0 unspecified atom stereocenters. The molecule has 2 rings (SSSR count). The fraction of sp³-hybridized carbons (Fsp3) is 0. The molecule has 1 N–H and O–H groups in total. The van der Waals surface area contributed by atoms with Crippen LogP contribution >= 0.6 is 0 Å². The van der Waals surface area contributed by atoms with Crippen molar-refractivity contribution >= 4 is 23.3 Å². The minimum absolute atomic E-state index is 0.0114. The van der Waals surface area contributed by atoms with Crippen molar-refractivity contribution in [1.82, 2.24) is 0 Å². The molecule has 0 aliphatic heterocycles. The summed E-state index contributed by atoms with van der Waals surface area (Å²) in [4.78, 5) is 31.8. The Morgan fingerprint density at radius 2 is 1.43 bits per heavy atom. The van der Waals surface area contributed by atoms with Gasteiger partial charge in [-0.1, -0.05) is 12.1 Å². The number of carboxylic acid groups (broad SMARTS) is 1. The molecule has 0 bridgehead atoms. The summed E-state index contributed by atoms with van der Waals surface area (Å²) in [6.45, 7) is 0. The van der Waals surface area contributed by atoms with Gasteiger partial charge in [-0.15, -0.1) is 0 Å². The van der Waals surface area contributed by atoms with Gasteiger partial charge >= 0.3 is 0 Å². The van der Waals surface area contributed by atoms with Crippen molar-refractivity contribution in [3.63, 3.8) is 0 Å². The van der Waals surface area contributed by atoms with Gasteiger partial charge in [0.25, 0.3) is 5.69 Å². The van der Waals surface area contributed by atoms with Crippen LogP contribution in [0.25, 0.3) is 11.1 Å². The van der Waals surface area contributed by atoms with Gasteiger partial charge in [-0.25, -0.2) is 0 Å². The summed E-state index contributed by atoms with van der Waals surface area (Å²) in [6, 6.07) is 12.8. The molecule has 0 spiro atoms. The number of carbonyl (C=O) groups is 2. The first-order valence-corrected chi connectivity index (χ1v) is 6.50. The number of aliphatic carboxylic acids is 1. The zero-order valence-corrected chi connectivity index (χ0v) is 11.8. The number of non-ortho nitro benzene ring substituents is 1. The number of nitrogens with zero attached hydrogens (tertiary/aromatic N) is 1. The minimum atomic E-state index is -1.45. The fourth-order valence-electron chi connectivity index (χ4n) is 1.85. The van der Waals surface area contributed by atoms with E-state index in [-0.39, 0.29) is 5.69 Å². The second-order valence-corrected chi connectivity index (χ2v) is 4.52. The highest BCUT2D eigenvalue weighted by Gasteiger charge is 2.05. The molecule has 0 saturated heterocycles. The number of nitrogens with one attached hydrogen (secondary N) is 1. The first kappa shape index (κ1) is 15.9. The molecular formula is C16H11N2O5-. The van der Waals surface area contributed by atoms with Crippen LogP contribution in [0.1, 0.15) is 0 Å². The maximum absolute atomic E-state index is 11.4. The highest BCUT2D eigenvalue weighted by Crippen LogP contribution is 2.23. The Morgan fingerprint density at radius 1 is 0.913 bits per heavy atom. The van der Waals surface area contributed by atoms with Crippen molar-refractivity contribution in [3.05, 3.63) is 70.8 Å². The summed E-state index contributed by atoms with van der Waals surface area (Å²) >= 11 is 0. The number of hydrogen-bond acceptors (Lipinski definition) is 5. The third kappa shape index (κ3) is 4.50. The van der Waals surface area contributed by atoms with Gasteiger partial charge in [-0.05, 0) is 41.5 Å². The van der Waals surface area contributed by atoms with Crippen LogP contribution in [0.4, 0.5) is 11.4 Å². The zero-order chi connectivity index (χ0) is 16.8. The van der Waals surface area contributed by atoms with E-state index >= 15 is 0 Å². The van der Waals surface area contributed by atoms with Gasteiger partial charge in [-0.3, -0.25) is 14.9 Å². The van der Waals surface area contributed by atoms with Crippen LogP contribution in [0.3, 0.4) is 0 Å². The number of nitro groups is 1. The van der Waals surface area contributed by atoms with Gasteiger partial charge in [-0.2, -0.15) is 0 Å². The highest BCUT2D eigenvalue weighted by molar-refractivity contribution is 6.02. The van der Waals surface area contributed by atoms with Crippen molar-refractivity contribution in [2.24, 2.45) is 0 Å². The summed E-state index contributed by atoms with van der Waals surface area (Å²) in [5.74, 6) is -2.04. The van der Waals surface area contributed by atoms with E-state index < -0.39 is 16.8 Å². The summed E-state index contributed by atoms with van der Waals surface area (Å²) in [6.07, 6.45) is 1.50. The van der Waals surface area contributed by atoms with Crippen LogP contribution in [0, 0.1) is 10.1 Å². The van der Waals surface area contributed by atoms with Gasteiger partial charge < -0.3 is 15.2 Å². The lowest BCUT2D eigenvalue weighted by atomic mass is 10.1. The van der Waals surface area contributed by atoms with Crippen LogP contribution in [-0.2, 0) is 9.59 Å². The SMILES string of the molecule is O=C([O-])C=CC(=O)Nc1ccc(-c2ccc([N+](=O)[O-])cc2)cc1. The van der Waals surface area contributed by atoms with Crippen molar-refractivity contribution in [2.75, 3.05) is 5.32 Å². The topological polar surface area (TPSA) is 112 Å². The monoisotopic (exact) mass is 311 g/mol. The molecule has 0 aromatic heterocycles. The fourth-order valence-corrected chi connectivity index (χ4v) is 1.85. The van der Waals surface area contributed by atoms with E-state index in [2.05, 4.69) is 5.32 Å². The number of carbonyl (C=O) groups excluding carboxylic acids is 2. The lowest BCUT2D eigenvalue weighted by molar-refractivity contribution is -0.384. The maximum Gasteiger partial charge on any atom is 0.269 e. The summed E-state index contributed by atoms with van der Waals surface area (Å²) in [5, 5.41) is 23.3. The normalized spacial score (nSPS) is 10.4. The molecule has 0 aliphatic carbocycles. The van der Waals surface area contributed by atoms with E-state index in [0.29, 0.717) is 11.8 Å². The van der Waals surface area contributed by atoms with Gasteiger partial charge in [0.2, 0.25) is 5.91 Å². The van der Waals surface area contributed by atoms with Crippen LogP contribution in [0.2, 0.25) is 0 Å². The van der Waals surface area contributed by atoms with Crippen molar-refractivity contribution in [2.45, 2.75) is 0 Å². The second kappa shape index (κ2) is 6.99. The lowest BCUT2D eigenvalue weighted by Gasteiger charge is -2.05. The van der Waals surface area contributed by atoms with Crippen molar-refractivity contribution in [3.8, 4) is 11.1 Å². The molecule has 0 fully saturated rings. The van der Waals surface area contributed by atoms with E-state index in [0.717, 1.165) is 17.2 Å². The Kier molecular flexibility index (Phi) is 4.83. The molecule has 0 saturated carbocycles. The number of anilines is 1. The molecule has 0 radical (unpaired) electrons. The molecule has 2 aromatic rings. The molecule has 7 heteroatoms. The number of amides is 1. The number of carboxylic acids is 1. The van der Waals surface area contributed by atoms with Crippen molar-refractivity contribution in [1.29, 1.82) is 0 Å². The first-order chi connectivity index (χ1) is 11.0. The highest BCUT2D eigenvalue weighted by atomic mass is 16.6. The van der Waals surface area contributed by atoms with E-state index in [1.54, 1.807) is 36.4 Å². The first-order valence-electron chi connectivity index (χ1n) is 6.50. The summed E-state index contributed by atoms with van der Waals surface area (Å²) in [7, 11) is 0. The van der Waals surface area contributed by atoms with Crippen LogP contribution in [-0.4, -0.2) is 16.8 Å². The van der Waals surface area contributed by atoms with Gasteiger partial charge in [0, 0.05) is 23.9 Å². The number of hydrogen-bond donors (Lipinski definition) is 1. The van der Waals surface area contributed by atoms with Gasteiger partial charge in [0.1, 0.15) is 0 Å². The predicted molar refractivity (Wildman–Crippen MR) is 81.3 cm³/mol. The molecule has 0 aliphatic rings. The largest absolute Gasteiger partial charge is 0.545 e. The standard InChI is InChI=1S/C16H12N2O5/c19-15(9-10-16(20)21)17-13-5-1-11(2-6-13)12-3-7-14(8-4-12)18(22)23/h1-10H,(H,17,19)(H,20,21)/p-1. The molecule has 116 valence electrons. The lowest BCUT2D eigenvalue weighted by Crippen LogP contribution is -2.20. The molecule has 0 heterocycles. The Labute approximate surface area is 131 Å². The number of nitro benzene ring substituents is 1. The van der Waals surface area contributed by atoms with E-state index in [1.807, 2.05) is 0 Å².